The molecule has 0 bridgehead atoms. The van der Waals surface area contributed by atoms with E-state index in [-0.39, 0.29) is 23.4 Å². The molecule has 2 rings (SSSR count). The quantitative estimate of drug-likeness (QED) is 0.407. The van der Waals surface area contributed by atoms with Crippen molar-refractivity contribution in [2.75, 3.05) is 24.2 Å². The number of hydrogen-bond acceptors (Lipinski definition) is 5. The number of para-hydroxylation sites is 1. The van der Waals surface area contributed by atoms with Gasteiger partial charge in [0.15, 0.2) is 0 Å². The second kappa shape index (κ2) is 4.21. The number of nitro groups is 1. The van der Waals surface area contributed by atoms with Crippen molar-refractivity contribution in [3.8, 4) is 0 Å². The number of nitrogens with two attached hydrogens (primary N) is 1. The fourth-order valence-electron chi connectivity index (χ4n) is 1.76. The normalized spacial score (nSPS) is 16.5. The van der Waals surface area contributed by atoms with Crippen molar-refractivity contribution in [2.45, 2.75) is 12.8 Å². The first kappa shape index (κ1) is 11.7. The van der Waals surface area contributed by atoms with Gasteiger partial charge in [0.25, 0.3) is 0 Å². The molecule has 0 atom stereocenters. The van der Waals surface area contributed by atoms with Gasteiger partial charge in [0.2, 0.25) is 0 Å². The lowest BCUT2D eigenvalue weighted by molar-refractivity contribution is -0.383. The van der Waals surface area contributed by atoms with Crippen molar-refractivity contribution in [1.29, 1.82) is 0 Å². The van der Waals surface area contributed by atoms with E-state index in [1.54, 1.807) is 12.1 Å². The highest BCUT2D eigenvalue weighted by molar-refractivity contribution is 5.74. The molecule has 0 spiro atoms. The van der Waals surface area contributed by atoms with Gasteiger partial charge in [-0.2, -0.15) is 0 Å². The molecule has 0 saturated heterocycles. The number of benzene rings is 1. The molecule has 1 saturated carbocycles. The molecule has 1 aliphatic carbocycles. The van der Waals surface area contributed by atoms with E-state index in [0.29, 0.717) is 12.2 Å². The van der Waals surface area contributed by atoms with Crippen LogP contribution in [-0.2, 0) is 0 Å². The fourth-order valence-corrected chi connectivity index (χ4v) is 1.76. The minimum atomic E-state index is -0.490. The minimum absolute atomic E-state index is 0.0961. The molecule has 1 fully saturated rings. The number of hydrogen-bond donors (Lipinski definition) is 3. The van der Waals surface area contributed by atoms with Gasteiger partial charge in [0, 0.05) is 12.0 Å². The van der Waals surface area contributed by atoms with E-state index in [1.165, 1.54) is 6.07 Å². The van der Waals surface area contributed by atoms with Crippen LogP contribution in [-0.4, -0.2) is 23.2 Å². The first-order chi connectivity index (χ1) is 8.08. The third-order valence-corrected chi connectivity index (χ3v) is 3.20. The van der Waals surface area contributed by atoms with Crippen LogP contribution in [0.4, 0.5) is 17.1 Å². The van der Waals surface area contributed by atoms with Crippen molar-refractivity contribution in [1.82, 2.24) is 0 Å². The SMILES string of the molecule is Nc1cccc(NCC2(CO)CC2)c1[N+](=O)[O-]. The van der Waals surface area contributed by atoms with Gasteiger partial charge in [-0.1, -0.05) is 6.07 Å². The molecule has 17 heavy (non-hydrogen) atoms. The van der Waals surface area contributed by atoms with Crippen molar-refractivity contribution in [3.05, 3.63) is 28.3 Å². The number of aliphatic hydroxyl groups is 1. The maximum Gasteiger partial charge on any atom is 0.314 e. The third kappa shape index (κ3) is 2.31. The van der Waals surface area contributed by atoms with E-state index in [1.807, 2.05) is 0 Å². The number of rotatable bonds is 5. The van der Waals surface area contributed by atoms with E-state index in [2.05, 4.69) is 5.32 Å². The zero-order chi connectivity index (χ0) is 12.5. The standard InChI is InChI=1S/C11H15N3O3/c12-8-2-1-3-9(10(8)14(16)17)13-6-11(7-15)4-5-11/h1-3,13,15H,4-7,12H2. The lowest BCUT2D eigenvalue weighted by atomic mass is 10.1. The summed E-state index contributed by atoms with van der Waals surface area (Å²) in [4.78, 5) is 10.4. The number of nitrogens with one attached hydrogen (secondary N) is 1. The number of nitro benzene ring substituents is 1. The number of aliphatic hydroxyl groups excluding tert-OH is 1. The lowest BCUT2D eigenvalue weighted by Gasteiger charge is -2.14. The van der Waals surface area contributed by atoms with Gasteiger partial charge in [-0.15, -0.1) is 0 Å². The number of anilines is 2. The smallest absolute Gasteiger partial charge is 0.314 e. The van der Waals surface area contributed by atoms with Crippen LogP contribution in [0, 0.1) is 15.5 Å². The largest absolute Gasteiger partial charge is 0.396 e. The average molecular weight is 237 g/mol. The van der Waals surface area contributed by atoms with E-state index in [4.69, 9.17) is 10.8 Å². The zero-order valence-electron chi connectivity index (χ0n) is 9.35. The first-order valence-electron chi connectivity index (χ1n) is 5.46. The number of nitrogens with zero attached hydrogens (tertiary/aromatic N) is 1. The fraction of sp³-hybridized carbons (Fsp3) is 0.455. The minimum Gasteiger partial charge on any atom is -0.396 e. The summed E-state index contributed by atoms with van der Waals surface area (Å²) in [7, 11) is 0. The van der Waals surface area contributed by atoms with Gasteiger partial charge in [-0.05, 0) is 25.0 Å². The van der Waals surface area contributed by atoms with Crippen LogP contribution in [0.15, 0.2) is 18.2 Å². The molecule has 0 radical (unpaired) electrons. The summed E-state index contributed by atoms with van der Waals surface area (Å²) in [5.74, 6) is 0. The molecule has 0 unspecified atom stereocenters. The van der Waals surface area contributed by atoms with Gasteiger partial charge < -0.3 is 16.2 Å². The van der Waals surface area contributed by atoms with Crippen LogP contribution in [0.3, 0.4) is 0 Å². The Morgan fingerprint density at radius 3 is 2.76 bits per heavy atom. The second-order valence-electron chi connectivity index (χ2n) is 4.51. The summed E-state index contributed by atoms with van der Waals surface area (Å²) in [6.07, 6.45) is 1.90. The Kier molecular flexibility index (Phi) is 2.89. The first-order valence-corrected chi connectivity index (χ1v) is 5.46. The maximum absolute atomic E-state index is 10.9. The summed E-state index contributed by atoms with van der Waals surface area (Å²) in [5.41, 5.74) is 5.94. The molecule has 92 valence electrons. The summed E-state index contributed by atoms with van der Waals surface area (Å²) >= 11 is 0. The Hall–Kier alpha value is -1.82. The highest BCUT2D eigenvalue weighted by atomic mass is 16.6. The molecule has 1 aromatic rings. The molecule has 1 aliphatic rings. The Labute approximate surface area is 98.6 Å². The van der Waals surface area contributed by atoms with Crippen LogP contribution in [0.5, 0.6) is 0 Å². The molecular weight excluding hydrogens is 222 g/mol. The van der Waals surface area contributed by atoms with Crippen LogP contribution in [0.1, 0.15) is 12.8 Å². The van der Waals surface area contributed by atoms with E-state index in [0.717, 1.165) is 12.8 Å². The van der Waals surface area contributed by atoms with Gasteiger partial charge in [0.1, 0.15) is 11.4 Å². The van der Waals surface area contributed by atoms with Crippen LogP contribution >= 0.6 is 0 Å². The second-order valence-corrected chi connectivity index (χ2v) is 4.51. The van der Waals surface area contributed by atoms with E-state index >= 15 is 0 Å². The van der Waals surface area contributed by atoms with E-state index in [9.17, 15) is 10.1 Å². The van der Waals surface area contributed by atoms with E-state index < -0.39 is 4.92 Å². The molecule has 1 aromatic carbocycles. The predicted octanol–water partition coefficient (Wildman–Crippen LogP) is 1.36. The van der Waals surface area contributed by atoms with Crippen molar-refractivity contribution in [2.24, 2.45) is 5.41 Å². The van der Waals surface area contributed by atoms with Crippen LogP contribution in [0.25, 0.3) is 0 Å². The highest BCUT2D eigenvalue weighted by Crippen LogP contribution is 2.45. The number of nitrogen functional groups attached to an aromatic ring is 1. The molecular formula is C11H15N3O3. The average Bonchev–Trinajstić information content (AvgIpc) is 3.06. The molecule has 0 aromatic heterocycles. The summed E-state index contributed by atoms with van der Waals surface area (Å²) < 4.78 is 0. The lowest BCUT2D eigenvalue weighted by Crippen LogP contribution is -2.19. The Balaban J connectivity index is 2.15. The molecule has 6 heteroatoms. The van der Waals surface area contributed by atoms with Crippen molar-refractivity contribution >= 4 is 17.1 Å². The molecule has 0 heterocycles. The summed E-state index contributed by atoms with van der Waals surface area (Å²) in [5, 5.41) is 23.1. The topological polar surface area (TPSA) is 101 Å². The molecule has 4 N–H and O–H groups in total. The Morgan fingerprint density at radius 1 is 1.53 bits per heavy atom. The predicted molar refractivity (Wildman–Crippen MR) is 64.8 cm³/mol. The summed E-state index contributed by atoms with van der Waals surface area (Å²) in [6.45, 7) is 0.643. The van der Waals surface area contributed by atoms with Gasteiger partial charge >= 0.3 is 5.69 Å². The molecule has 0 aliphatic heterocycles. The van der Waals surface area contributed by atoms with Gasteiger partial charge in [0.05, 0.1) is 11.5 Å². The monoisotopic (exact) mass is 237 g/mol. The van der Waals surface area contributed by atoms with Gasteiger partial charge in [-0.3, -0.25) is 10.1 Å². The molecule has 6 nitrogen and oxygen atoms in total. The molecule has 0 amide bonds. The van der Waals surface area contributed by atoms with Crippen LogP contribution in [0.2, 0.25) is 0 Å². The Morgan fingerprint density at radius 2 is 2.24 bits per heavy atom. The van der Waals surface area contributed by atoms with Gasteiger partial charge in [-0.25, -0.2) is 0 Å². The maximum atomic E-state index is 10.9. The zero-order valence-corrected chi connectivity index (χ0v) is 9.35. The van der Waals surface area contributed by atoms with Crippen molar-refractivity contribution in [3.63, 3.8) is 0 Å². The highest BCUT2D eigenvalue weighted by Gasteiger charge is 2.42. The van der Waals surface area contributed by atoms with Crippen LogP contribution < -0.4 is 11.1 Å². The third-order valence-electron chi connectivity index (χ3n) is 3.20. The van der Waals surface area contributed by atoms with Crippen molar-refractivity contribution < 1.29 is 10.0 Å². The Bertz CT molecular complexity index is 444. The summed E-state index contributed by atoms with van der Waals surface area (Å²) in [6, 6.07) is 4.80.